The minimum atomic E-state index is -4.55. The largest absolute Gasteiger partial charge is 0.437 e. The third kappa shape index (κ3) is 5.39. The quantitative estimate of drug-likeness (QED) is 0.354. The zero-order valence-electron chi connectivity index (χ0n) is 24.5. The number of hydrogen-bond donors (Lipinski definition) is 3. The van der Waals surface area contributed by atoms with Crippen molar-refractivity contribution in [2.24, 2.45) is 5.73 Å². The molecule has 0 atom stereocenters. The van der Waals surface area contributed by atoms with Crippen LogP contribution in [0.4, 0.5) is 23.8 Å². The number of carbonyl (C=O) groups is 2. The number of β-amino-alcohol motifs (C(OH)–C–C–N with tert-alkyl or cyclic N) is 1. The molecule has 6 rings (SSSR count). The Bertz CT molecular complexity index is 1750. The number of benzene rings is 1. The number of likely N-dealkylation sites (tertiary alicyclic amines) is 1. The van der Waals surface area contributed by atoms with Crippen molar-refractivity contribution < 1.29 is 32.6 Å². The highest BCUT2D eigenvalue weighted by Gasteiger charge is 2.45. The number of nitrogens with one attached hydrogen (secondary N) is 1. The smallest absolute Gasteiger partial charge is 0.416 e. The molecule has 11 nitrogen and oxygen atoms in total. The fourth-order valence-electron chi connectivity index (χ4n) is 6.36. The zero-order valence-corrected chi connectivity index (χ0v) is 24.5. The molecular formula is C31H32F3N7O4. The van der Waals surface area contributed by atoms with Gasteiger partial charge in [0.05, 0.1) is 17.1 Å². The lowest BCUT2D eigenvalue weighted by Crippen LogP contribution is -2.55. The molecule has 1 aromatic carbocycles. The Balaban J connectivity index is 1.33. The van der Waals surface area contributed by atoms with Gasteiger partial charge in [0, 0.05) is 56.4 Å². The van der Waals surface area contributed by atoms with Gasteiger partial charge in [0.1, 0.15) is 35.8 Å². The van der Waals surface area contributed by atoms with Crippen molar-refractivity contribution >= 4 is 28.9 Å². The number of alkyl halides is 3. The number of halogens is 3. The summed E-state index contributed by atoms with van der Waals surface area (Å²) in [4.78, 5) is 38.2. The molecule has 4 N–H and O–H groups in total. The van der Waals surface area contributed by atoms with Gasteiger partial charge in [-0.05, 0) is 24.1 Å². The van der Waals surface area contributed by atoms with Crippen LogP contribution in [-0.2, 0) is 22.3 Å². The van der Waals surface area contributed by atoms with Crippen LogP contribution in [0.5, 0.6) is 0 Å². The first kappa shape index (κ1) is 30.2. The second kappa shape index (κ2) is 11.3. The maximum atomic E-state index is 13.9. The molecule has 0 saturated carbocycles. The summed E-state index contributed by atoms with van der Waals surface area (Å²) in [6.45, 7) is 6.13. The Labute approximate surface area is 256 Å². The van der Waals surface area contributed by atoms with Gasteiger partial charge < -0.3 is 29.9 Å². The number of piperidine rings is 1. The topological polar surface area (TPSA) is 139 Å². The minimum absolute atomic E-state index is 0.0420. The summed E-state index contributed by atoms with van der Waals surface area (Å²) in [6, 6.07) is 4.00. The number of alkyl carbamates (subject to hydrolysis) is 1. The molecule has 2 saturated heterocycles. The van der Waals surface area contributed by atoms with Crippen LogP contribution in [0, 0.1) is 6.92 Å². The second-order valence-corrected chi connectivity index (χ2v) is 11.4. The Morgan fingerprint density at radius 1 is 1.24 bits per heavy atom. The number of aliphatic hydroxyl groups excluding tert-OH is 1. The Morgan fingerprint density at radius 2 is 1.98 bits per heavy atom. The van der Waals surface area contributed by atoms with Gasteiger partial charge in [-0.15, -0.1) is 0 Å². The van der Waals surface area contributed by atoms with E-state index in [-0.39, 0.29) is 36.9 Å². The lowest BCUT2D eigenvalue weighted by atomic mass is 9.82. The molecule has 3 aromatic rings. The van der Waals surface area contributed by atoms with E-state index in [1.165, 1.54) is 19.3 Å². The molecule has 3 aliphatic rings. The molecule has 0 radical (unpaired) electrons. The first-order valence-corrected chi connectivity index (χ1v) is 14.4. The van der Waals surface area contributed by atoms with Crippen molar-refractivity contribution in [2.45, 2.75) is 44.2 Å². The van der Waals surface area contributed by atoms with Gasteiger partial charge in [-0.3, -0.25) is 10.1 Å². The van der Waals surface area contributed by atoms with Crippen LogP contribution in [-0.4, -0.2) is 74.4 Å². The van der Waals surface area contributed by atoms with Crippen molar-refractivity contribution in [3.05, 3.63) is 78.1 Å². The van der Waals surface area contributed by atoms with E-state index in [0.717, 1.165) is 6.07 Å². The third-order valence-electron chi connectivity index (χ3n) is 8.66. The number of aromatic nitrogens is 3. The van der Waals surface area contributed by atoms with Crippen LogP contribution in [0.1, 0.15) is 24.0 Å². The number of fused-ring (bicyclic) bond motifs is 1. The molecule has 0 bridgehead atoms. The predicted octanol–water partition coefficient (Wildman–Crippen LogP) is 3.62. The number of aliphatic hydroxyl groups is 1. The van der Waals surface area contributed by atoms with Gasteiger partial charge in [-0.25, -0.2) is 14.8 Å². The average molecular weight is 624 g/mol. The Kier molecular flexibility index (Phi) is 7.55. The van der Waals surface area contributed by atoms with Gasteiger partial charge in [0.2, 0.25) is 5.91 Å². The van der Waals surface area contributed by atoms with E-state index in [4.69, 9.17) is 10.5 Å². The van der Waals surface area contributed by atoms with Crippen LogP contribution in [0.25, 0.3) is 22.2 Å². The SMILES string of the molecule is C=C/C=C\C1=C(N)NC(=O)OC12CCN(C(=O)Cn1cc(-c3cccc(C(F)(F)F)c3C)c3c(N4CC(O)C4)ncnc31)CC2. The summed E-state index contributed by atoms with van der Waals surface area (Å²) in [5.74, 6) is 0.417. The van der Waals surface area contributed by atoms with Gasteiger partial charge >= 0.3 is 12.3 Å². The maximum Gasteiger partial charge on any atom is 0.416 e. The van der Waals surface area contributed by atoms with E-state index in [2.05, 4.69) is 21.9 Å². The first-order chi connectivity index (χ1) is 21.4. The summed E-state index contributed by atoms with van der Waals surface area (Å²) in [6.07, 6.45) is 2.86. The first-order valence-electron chi connectivity index (χ1n) is 14.4. The zero-order chi connectivity index (χ0) is 32.1. The Hall–Kier alpha value is -4.85. The van der Waals surface area contributed by atoms with E-state index in [9.17, 15) is 27.9 Å². The van der Waals surface area contributed by atoms with Crippen LogP contribution in [0.2, 0.25) is 0 Å². The molecule has 236 valence electrons. The van der Waals surface area contributed by atoms with Crippen LogP contribution >= 0.6 is 0 Å². The van der Waals surface area contributed by atoms with Crippen molar-refractivity contribution in [1.82, 2.24) is 24.8 Å². The number of hydrogen-bond acceptors (Lipinski definition) is 8. The lowest BCUT2D eigenvalue weighted by molar-refractivity contribution is -0.138. The fourth-order valence-corrected chi connectivity index (χ4v) is 6.36. The second-order valence-electron chi connectivity index (χ2n) is 11.4. The number of allylic oxidation sites excluding steroid dienone is 2. The van der Waals surface area contributed by atoms with Gasteiger partial charge in [0.25, 0.3) is 0 Å². The number of anilines is 1. The van der Waals surface area contributed by atoms with E-state index in [0.29, 0.717) is 59.5 Å². The van der Waals surface area contributed by atoms with E-state index >= 15 is 0 Å². The van der Waals surface area contributed by atoms with Crippen molar-refractivity contribution in [3.8, 4) is 11.1 Å². The van der Waals surface area contributed by atoms with Crippen molar-refractivity contribution in [3.63, 3.8) is 0 Å². The standard InChI is InChI=1S/C31H32F3N7O4/c1-3-4-7-23-26(35)38-29(44)45-30(23)9-11-39(12-10-30)24(43)16-41-15-21(20-6-5-8-22(18(20)2)31(32,33)34)25-27(36-17-37-28(25)41)40-13-19(42)14-40/h3-8,15,17,19,42H,1,9-14,16,35H2,2H3,(H,38,44)/b7-4-. The molecule has 0 unspecified atom stereocenters. The summed E-state index contributed by atoms with van der Waals surface area (Å²) in [5.41, 5.74) is 6.19. The van der Waals surface area contributed by atoms with Crippen LogP contribution in [0.15, 0.2) is 66.9 Å². The van der Waals surface area contributed by atoms with Gasteiger partial charge in [-0.1, -0.05) is 36.9 Å². The summed E-state index contributed by atoms with van der Waals surface area (Å²) in [5, 5.41) is 12.9. The summed E-state index contributed by atoms with van der Waals surface area (Å²) >= 11 is 0. The van der Waals surface area contributed by atoms with Crippen molar-refractivity contribution in [1.29, 1.82) is 0 Å². The van der Waals surface area contributed by atoms with Crippen LogP contribution in [0.3, 0.4) is 0 Å². The molecule has 2 fully saturated rings. The highest BCUT2D eigenvalue weighted by Crippen LogP contribution is 2.42. The van der Waals surface area contributed by atoms with Crippen molar-refractivity contribution in [2.75, 3.05) is 31.1 Å². The normalized spacial score (nSPS) is 18.8. The number of carbonyl (C=O) groups excluding carboxylic acids is 2. The molecular weight excluding hydrogens is 591 g/mol. The lowest BCUT2D eigenvalue weighted by Gasteiger charge is -2.44. The molecule has 0 aliphatic carbocycles. The van der Waals surface area contributed by atoms with Gasteiger partial charge in [0.15, 0.2) is 0 Å². The monoisotopic (exact) mass is 623 g/mol. The summed E-state index contributed by atoms with van der Waals surface area (Å²) in [7, 11) is 0. The Morgan fingerprint density at radius 3 is 2.64 bits per heavy atom. The highest BCUT2D eigenvalue weighted by atomic mass is 19.4. The predicted molar refractivity (Wildman–Crippen MR) is 160 cm³/mol. The number of nitrogens with two attached hydrogens (primary N) is 1. The van der Waals surface area contributed by atoms with Gasteiger partial charge in [-0.2, -0.15) is 13.2 Å². The molecule has 2 amide bonds. The van der Waals surface area contributed by atoms with E-state index in [1.54, 1.807) is 40.0 Å². The maximum absolute atomic E-state index is 13.9. The number of rotatable bonds is 6. The number of ether oxygens (including phenoxy) is 1. The van der Waals surface area contributed by atoms with E-state index < -0.39 is 29.5 Å². The number of nitrogens with zero attached hydrogens (tertiary/aromatic N) is 5. The van der Waals surface area contributed by atoms with E-state index in [1.807, 2.05) is 4.90 Å². The molecule has 2 aromatic heterocycles. The summed E-state index contributed by atoms with van der Waals surface area (Å²) < 4.78 is 48.9. The molecule has 3 aliphatic heterocycles. The number of amides is 2. The third-order valence-corrected chi connectivity index (χ3v) is 8.66. The molecule has 1 spiro atoms. The fraction of sp³-hybridized carbons (Fsp3) is 0.355. The molecule has 5 heterocycles. The highest BCUT2D eigenvalue weighted by molar-refractivity contribution is 6.03. The van der Waals surface area contributed by atoms with Crippen LogP contribution < -0.4 is 16.0 Å². The minimum Gasteiger partial charge on any atom is -0.437 e. The molecule has 45 heavy (non-hydrogen) atoms. The average Bonchev–Trinajstić information content (AvgIpc) is 3.33. The molecule has 14 heteroatoms.